The standard InChI is InChI=1S/C20H24N2O4S/c1-14-5-4-6-19(15(14)2)26-13-20(23)21-18-8-7-16-9-10-22(27(3,24)25)12-17(16)11-18/h4-8,11H,9-10,12-13H2,1-3H3,(H,21,23). The predicted molar refractivity (Wildman–Crippen MR) is 105 cm³/mol. The van der Waals surface area contributed by atoms with Crippen molar-refractivity contribution in [1.82, 2.24) is 4.31 Å². The van der Waals surface area contributed by atoms with Crippen molar-refractivity contribution in [3.8, 4) is 5.75 Å². The third-order valence-electron chi connectivity index (χ3n) is 4.85. The molecule has 0 atom stereocenters. The zero-order valence-electron chi connectivity index (χ0n) is 15.8. The van der Waals surface area contributed by atoms with Crippen molar-refractivity contribution in [3.05, 3.63) is 58.7 Å². The lowest BCUT2D eigenvalue weighted by Gasteiger charge is -2.27. The molecule has 27 heavy (non-hydrogen) atoms. The molecule has 2 aromatic rings. The Labute approximate surface area is 160 Å². The molecular weight excluding hydrogens is 364 g/mol. The first-order chi connectivity index (χ1) is 12.7. The number of anilines is 1. The number of hydrogen-bond acceptors (Lipinski definition) is 4. The van der Waals surface area contributed by atoms with Crippen molar-refractivity contribution >= 4 is 21.6 Å². The van der Waals surface area contributed by atoms with Crippen molar-refractivity contribution in [2.75, 3.05) is 24.7 Å². The molecule has 1 heterocycles. The number of carbonyl (C=O) groups is 1. The second-order valence-electron chi connectivity index (χ2n) is 6.86. The van der Waals surface area contributed by atoms with Crippen molar-refractivity contribution < 1.29 is 17.9 Å². The SMILES string of the molecule is Cc1cccc(OCC(=O)Nc2ccc3c(c2)CN(S(C)(=O)=O)CC3)c1C. The van der Waals surface area contributed by atoms with Crippen molar-refractivity contribution in [1.29, 1.82) is 0 Å². The number of nitrogens with zero attached hydrogens (tertiary/aromatic N) is 1. The molecule has 1 aliphatic rings. The summed E-state index contributed by atoms with van der Waals surface area (Å²) in [6, 6.07) is 11.3. The van der Waals surface area contributed by atoms with Crippen LogP contribution in [0, 0.1) is 13.8 Å². The molecule has 0 saturated carbocycles. The van der Waals surface area contributed by atoms with Crippen molar-refractivity contribution in [2.45, 2.75) is 26.8 Å². The number of benzene rings is 2. The molecule has 0 aliphatic carbocycles. The van der Waals surface area contributed by atoms with Gasteiger partial charge >= 0.3 is 0 Å². The maximum absolute atomic E-state index is 12.2. The highest BCUT2D eigenvalue weighted by atomic mass is 32.2. The number of carbonyl (C=O) groups excluding carboxylic acids is 1. The Morgan fingerprint density at radius 1 is 1.19 bits per heavy atom. The summed E-state index contributed by atoms with van der Waals surface area (Å²) in [5.74, 6) is 0.436. The van der Waals surface area contributed by atoms with Gasteiger partial charge in [-0.2, -0.15) is 4.31 Å². The lowest BCUT2D eigenvalue weighted by Crippen LogP contribution is -2.35. The molecule has 0 saturated heterocycles. The average Bonchev–Trinajstić information content (AvgIpc) is 2.61. The number of ether oxygens (including phenoxy) is 1. The van der Waals surface area contributed by atoms with Crippen LogP contribution in [0.25, 0.3) is 0 Å². The van der Waals surface area contributed by atoms with Gasteiger partial charge in [-0.25, -0.2) is 8.42 Å². The fourth-order valence-electron chi connectivity index (χ4n) is 3.11. The van der Waals surface area contributed by atoms with Gasteiger partial charge in [0.05, 0.1) is 6.26 Å². The summed E-state index contributed by atoms with van der Waals surface area (Å²) in [4.78, 5) is 12.2. The van der Waals surface area contributed by atoms with Gasteiger partial charge < -0.3 is 10.1 Å². The molecule has 0 bridgehead atoms. The number of nitrogens with one attached hydrogen (secondary N) is 1. The van der Waals surface area contributed by atoms with Gasteiger partial charge in [0.2, 0.25) is 10.0 Å². The third kappa shape index (κ3) is 4.67. The Hall–Kier alpha value is -2.38. The Balaban J connectivity index is 1.64. The van der Waals surface area contributed by atoms with Crippen LogP contribution >= 0.6 is 0 Å². The number of sulfonamides is 1. The van der Waals surface area contributed by atoms with Crippen molar-refractivity contribution in [3.63, 3.8) is 0 Å². The van der Waals surface area contributed by atoms with Gasteiger partial charge in [-0.15, -0.1) is 0 Å². The minimum atomic E-state index is -3.23. The topological polar surface area (TPSA) is 75.7 Å². The van der Waals surface area contributed by atoms with Crippen LogP contribution in [0.5, 0.6) is 5.75 Å². The first-order valence-corrected chi connectivity index (χ1v) is 10.6. The van der Waals surface area contributed by atoms with E-state index in [-0.39, 0.29) is 12.5 Å². The van der Waals surface area contributed by atoms with Gasteiger partial charge in [0.25, 0.3) is 5.91 Å². The van der Waals surface area contributed by atoms with Gasteiger partial charge in [0.1, 0.15) is 5.75 Å². The molecular formula is C20H24N2O4S. The van der Waals surface area contributed by atoms with Gasteiger partial charge in [0, 0.05) is 18.8 Å². The monoisotopic (exact) mass is 388 g/mol. The summed E-state index contributed by atoms with van der Waals surface area (Å²) in [5.41, 5.74) is 4.79. The molecule has 3 rings (SSSR count). The van der Waals surface area contributed by atoms with E-state index in [1.54, 1.807) is 0 Å². The van der Waals surface area contributed by atoms with Crippen molar-refractivity contribution in [2.24, 2.45) is 0 Å². The molecule has 1 N–H and O–H groups in total. The third-order valence-corrected chi connectivity index (χ3v) is 6.10. The maximum Gasteiger partial charge on any atom is 0.262 e. The minimum Gasteiger partial charge on any atom is -0.483 e. The van der Waals surface area contributed by atoms with Gasteiger partial charge in [-0.3, -0.25) is 4.79 Å². The van der Waals surface area contributed by atoms with Crippen LogP contribution in [0.2, 0.25) is 0 Å². The number of rotatable bonds is 5. The van der Waals surface area contributed by atoms with E-state index in [0.717, 1.165) is 22.3 Å². The molecule has 0 fully saturated rings. The van der Waals surface area contributed by atoms with E-state index in [4.69, 9.17) is 4.74 Å². The number of amides is 1. The fourth-order valence-corrected chi connectivity index (χ4v) is 3.91. The molecule has 0 radical (unpaired) electrons. The first-order valence-electron chi connectivity index (χ1n) is 8.80. The molecule has 0 spiro atoms. The predicted octanol–water partition coefficient (Wildman–Crippen LogP) is 2.64. The molecule has 7 heteroatoms. The summed E-state index contributed by atoms with van der Waals surface area (Å²) in [6.07, 6.45) is 1.89. The molecule has 144 valence electrons. The zero-order valence-corrected chi connectivity index (χ0v) is 16.6. The smallest absolute Gasteiger partial charge is 0.262 e. The summed E-state index contributed by atoms with van der Waals surface area (Å²) in [6.45, 7) is 4.68. The zero-order chi connectivity index (χ0) is 19.6. The van der Waals surface area contributed by atoms with Crippen LogP contribution in [0.3, 0.4) is 0 Å². The molecule has 0 aromatic heterocycles. The number of fused-ring (bicyclic) bond motifs is 1. The molecule has 1 amide bonds. The van der Waals surface area contributed by atoms with Crippen LogP contribution in [0.4, 0.5) is 5.69 Å². The molecule has 2 aromatic carbocycles. The Kier molecular flexibility index (Phi) is 5.53. The fraction of sp³-hybridized carbons (Fsp3) is 0.350. The molecule has 1 aliphatic heterocycles. The minimum absolute atomic E-state index is 0.0865. The molecule has 6 nitrogen and oxygen atoms in total. The second kappa shape index (κ2) is 7.70. The van der Waals surface area contributed by atoms with Crippen LogP contribution in [0.1, 0.15) is 22.3 Å². The Bertz CT molecular complexity index is 970. The summed E-state index contributed by atoms with van der Waals surface area (Å²) < 4.78 is 30.6. The normalized spacial score (nSPS) is 14.5. The van der Waals surface area contributed by atoms with E-state index in [1.165, 1.54) is 10.6 Å². The Morgan fingerprint density at radius 3 is 2.70 bits per heavy atom. The van der Waals surface area contributed by atoms with E-state index in [1.807, 2.05) is 50.2 Å². The summed E-state index contributed by atoms with van der Waals surface area (Å²) in [5, 5.41) is 2.82. The van der Waals surface area contributed by atoms with Gasteiger partial charge in [-0.05, 0) is 60.7 Å². The van der Waals surface area contributed by atoms with Crippen LogP contribution in [-0.2, 0) is 27.8 Å². The van der Waals surface area contributed by atoms with E-state index in [9.17, 15) is 13.2 Å². The lowest BCUT2D eigenvalue weighted by molar-refractivity contribution is -0.118. The second-order valence-corrected chi connectivity index (χ2v) is 8.85. The summed E-state index contributed by atoms with van der Waals surface area (Å²) in [7, 11) is -3.23. The average molecular weight is 388 g/mol. The molecule has 0 unspecified atom stereocenters. The maximum atomic E-state index is 12.2. The van der Waals surface area contributed by atoms with Crippen LogP contribution < -0.4 is 10.1 Å². The number of hydrogen-bond donors (Lipinski definition) is 1. The quantitative estimate of drug-likeness (QED) is 0.854. The van der Waals surface area contributed by atoms with E-state index < -0.39 is 10.0 Å². The highest BCUT2D eigenvalue weighted by Gasteiger charge is 2.23. The lowest BCUT2D eigenvalue weighted by atomic mass is 10.0. The van der Waals surface area contributed by atoms with Gasteiger partial charge in [0.15, 0.2) is 6.61 Å². The largest absolute Gasteiger partial charge is 0.483 e. The van der Waals surface area contributed by atoms with Crippen LogP contribution in [-0.4, -0.2) is 38.0 Å². The first kappa shape index (κ1) is 19.4. The van der Waals surface area contributed by atoms with E-state index >= 15 is 0 Å². The summed E-state index contributed by atoms with van der Waals surface area (Å²) >= 11 is 0. The van der Waals surface area contributed by atoms with E-state index in [0.29, 0.717) is 30.9 Å². The highest BCUT2D eigenvalue weighted by molar-refractivity contribution is 7.88. The highest BCUT2D eigenvalue weighted by Crippen LogP contribution is 2.24. The Morgan fingerprint density at radius 2 is 1.96 bits per heavy atom. The number of aryl methyl sites for hydroxylation is 1. The van der Waals surface area contributed by atoms with Crippen LogP contribution in [0.15, 0.2) is 36.4 Å². The van der Waals surface area contributed by atoms with E-state index in [2.05, 4.69) is 5.32 Å². The van der Waals surface area contributed by atoms with Gasteiger partial charge in [-0.1, -0.05) is 18.2 Å².